The van der Waals surface area contributed by atoms with E-state index < -0.39 is 15.8 Å². The van der Waals surface area contributed by atoms with Crippen molar-refractivity contribution >= 4 is 33.5 Å². The Labute approximate surface area is 140 Å². The molecule has 0 amide bonds. The highest BCUT2D eigenvalue weighted by molar-refractivity contribution is 7.89. The van der Waals surface area contributed by atoms with Crippen molar-refractivity contribution in [3.8, 4) is 0 Å². The van der Waals surface area contributed by atoms with Crippen LogP contribution in [0.25, 0.3) is 11.1 Å². The van der Waals surface area contributed by atoms with Gasteiger partial charge in [0.2, 0.25) is 10.0 Å². The highest BCUT2D eigenvalue weighted by Crippen LogP contribution is 2.25. The normalized spacial score (nSPS) is 19.7. The van der Waals surface area contributed by atoms with Gasteiger partial charge in [-0.15, -0.1) is 12.4 Å². The van der Waals surface area contributed by atoms with Gasteiger partial charge in [0.1, 0.15) is 0 Å². The third kappa shape index (κ3) is 3.16. The van der Waals surface area contributed by atoms with Crippen LogP contribution >= 0.6 is 12.4 Å². The third-order valence-corrected chi connectivity index (χ3v) is 6.08. The summed E-state index contributed by atoms with van der Waals surface area (Å²) in [6, 6.07) is 4.52. The molecule has 1 aromatic heterocycles. The maximum absolute atomic E-state index is 12.7. The van der Waals surface area contributed by atoms with Gasteiger partial charge in [-0.3, -0.25) is 4.57 Å². The minimum Gasteiger partial charge on any atom is -0.408 e. The van der Waals surface area contributed by atoms with Gasteiger partial charge in [-0.25, -0.2) is 13.2 Å². The maximum atomic E-state index is 12.7. The molecule has 0 bridgehead atoms. The SMILES string of the molecule is Cl.Cn1c(=O)oc2cc(S(=O)(=O)N3CCCC(CN)C3)ccc21. The van der Waals surface area contributed by atoms with Gasteiger partial charge in [0.15, 0.2) is 5.58 Å². The number of piperidine rings is 1. The van der Waals surface area contributed by atoms with Crippen molar-refractivity contribution in [2.45, 2.75) is 17.7 Å². The van der Waals surface area contributed by atoms with Gasteiger partial charge in [0.25, 0.3) is 0 Å². The number of rotatable bonds is 3. The van der Waals surface area contributed by atoms with Crippen molar-refractivity contribution in [2.24, 2.45) is 18.7 Å². The van der Waals surface area contributed by atoms with Gasteiger partial charge in [0.05, 0.1) is 10.4 Å². The Balaban J connectivity index is 0.00000192. The number of nitrogens with two attached hydrogens (primary N) is 1. The van der Waals surface area contributed by atoms with Crippen LogP contribution in [0.15, 0.2) is 32.3 Å². The third-order valence-electron chi connectivity index (χ3n) is 4.22. The van der Waals surface area contributed by atoms with E-state index in [4.69, 9.17) is 10.2 Å². The zero-order valence-electron chi connectivity index (χ0n) is 12.8. The Bertz CT molecular complexity index is 859. The quantitative estimate of drug-likeness (QED) is 0.876. The highest BCUT2D eigenvalue weighted by Gasteiger charge is 2.30. The van der Waals surface area contributed by atoms with Crippen molar-refractivity contribution in [2.75, 3.05) is 19.6 Å². The summed E-state index contributed by atoms with van der Waals surface area (Å²) in [6.45, 7) is 1.42. The Morgan fingerprint density at radius 3 is 2.83 bits per heavy atom. The van der Waals surface area contributed by atoms with Crippen LogP contribution in [0.2, 0.25) is 0 Å². The van der Waals surface area contributed by atoms with Crippen molar-refractivity contribution in [3.63, 3.8) is 0 Å². The zero-order chi connectivity index (χ0) is 15.9. The van der Waals surface area contributed by atoms with Crippen LogP contribution in [0.1, 0.15) is 12.8 Å². The number of sulfonamides is 1. The van der Waals surface area contributed by atoms with E-state index in [2.05, 4.69) is 0 Å². The summed E-state index contributed by atoms with van der Waals surface area (Å²) >= 11 is 0. The largest absolute Gasteiger partial charge is 0.419 e. The summed E-state index contributed by atoms with van der Waals surface area (Å²) in [7, 11) is -2.01. The molecule has 1 aliphatic rings. The van der Waals surface area contributed by atoms with Crippen LogP contribution in [0, 0.1) is 5.92 Å². The lowest BCUT2D eigenvalue weighted by Gasteiger charge is -2.31. The van der Waals surface area contributed by atoms with Gasteiger partial charge in [-0.1, -0.05) is 0 Å². The van der Waals surface area contributed by atoms with Gasteiger partial charge in [0, 0.05) is 26.2 Å². The number of halogens is 1. The predicted molar refractivity (Wildman–Crippen MR) is 89.2 cm³/mol. The van der Waals surface area contributed by atoms with Crippen molar-refractivity contribution in [3.05, 3.63) is 28.7 Å². The number of hydrogen-bond acceptors (Lipinski definition) is 5. The number of oxazole rings is 1. The highest BCUT2D eigenvalue weighted by atomic mass is 35.5. The lowest BCUT2D eigenvalue weighted by Crippen LogP contribution is -2.41. The first-order valence-corrected chi connectivity index (χ1v) is 8.67. The van der Waals surface area contributed by atoms with Crippen LogP contribution < -0.4 is 11.5 Å². The number of aromatic nitrogens is 1. The maximum Gasteiger partial charge on any atom is 0.419 e. The van der Waals surface area contributed by atoms with Crippen LogP contribution in [0.5, 0.6) is 0 Å². The van der Waals surface area contributed by atoms with Crippen LogP contribution in [0.4, 0.5) is 0 Å². The van der Waals surface area contributed by atoms with E-state index in [1.807, 2.05) is 0 Å². The molecular weight excluding hydrogens is 342 g/mol. The van der Waals surface area contributed by atoms with E-state index in [1.165, 1.54) is 21.0 Å². The Morgan fingerprint density at radius 1 is 1.39 bits per heavy atom. The summed E-state index contributed by atoms with van der Waals surface area (Å²) in [5, 5.41) is 0. The molecule has 2 aromatic rings. The van der Waals surface area contributed by atoms with Crippen LogP contribution in [-0.4, -0.2) is 36.9 Å². The number of hydrogen-bond donors (Lipinski definition) is 1. The molecule has 0 saturated carbocycles. The monoisotopic (exact) mass is 361 g/mol. The molecule has 128 valence electrons. The first-order chi connectivity index (χ1) is 10.4. The van der Waals surface area contributed by atoms with Gasteiger partial charge in [-0.2, -0.15) is 4.31 Å². The molecule has 1 fully saturated rings. The molecule has 2 N–H and O–H groups in total. The predicted octanol–water partition coefficient (Wildman–Crippen LogP) is 0.913. The van der Waals surface area contributed by atoms with Crippen molar-refractivity contribution < 1.29 is 12.8 Å². The number of benzene rings is 1. The van der Waals surface area contributed by atoms with Crippen LogP contribution in [-0.2, 0) is 17.1 Å². The smallest absolute Gasteiger partial charge is 0.408 e. The molecule has 0 radical (unpaired) electrons. The molecule has 2 heterocycles. The Kier molecular flexibility index (Phi) is 5.20. The molecule has 3 rings (SSSR count). The second-order valence-corrected chi connectivity index (χ2v) is 7.60. The van der Waals surface area contributed by atoms with Gasteiger partial charge in [-0.05, 0) is 37.4 Å². The number of nitrogens with zero attached hydrogens (tertiary/aromatic N) is 2. The molecule has 7 nitrogen and oxygen atoms in total. The fourth-order valence-corrected chi connectivity index (χ4v) is 4.43. The molecule has 1 aliphatic heterocycles. The molecule has 1 saturated heterocycles. The van der Waals surface area contributed by atoms with Crippen molar-refractivity contribution in [1.29, 1.82) is 0 Å². The fraction of sp³-hybridized carbons (Fsp3) is 0.500. The average Bonchev–Trinajstić information content (AvgIpc) is 2.81. The zero-order valence-corrected chi connectivity index (χ0v) is 14.4. The minimum absolute atomic E-state index is 0. The van der Waals surface area contributed by atoms with E-state index in [9.17, 15) is 13.2 Å². The van der Waals surface area contributed by atoms with E-state index >= 15 is 0 Å². The first kappa shape index (κ1) is 18.0. The lowest BCUT2D eigenvalue weighted by molar-refractivity contribution is 0.271. The Morgan fingerprint density at radius 2 is 2.13 bits per heavy atom. The summed E-state index contributed by atoms with van der Waals surface area (Å²) < 4.78 is 33.4. The molecule has 1 atom stereocenters. The summed E-state index contributed by atoms with van der Waals surface area (Å²) in [5.74, 6) is -0.312. The van der Waals surface area contributed by atoms with E-state index in [0.717, 1.165) is 12.8 Å². The molecule has 0 spiro atoms. The molecule has 1 aromatic carbocycles. The summed E-state index contributed by atoms with van der Waals surface area (Å²) in [4.78, 5) is 11.7. The fourth-order valence-electron chi connectivity index (χ4n) is 2.86. The summed E-state index contributed by atoms with van der Waals surface area (Å²) in [5.41, 5.74) is 6.52. The second-order valence-electron chi connectivity index (χ2n) is 5.66. The Hall–Kier alpha value is -1.35. The van der Waals surface area contributed by atoms with Crippen LogP contribution in [0.3, 0.4) is 0 Å². The van der Waals surface area contributed by atoms with E-state index in [0.29, 0.717) is 25.2 Å². The van der Waals surface area contributed by atoms with Gasteiger partial charge >= 0.3 is 5.76 Å². The number of aryl methyl sites for hydroxylation is 1. The minimum atomic E-state index is -3.59. The molecule has 23 heavy (non-hydrogen) atoms. The lowest BCUT2D eigenvalue weighted by atomic mass is 10.0. The van der Waals surface area contributed by atoms with E-state index in [-0.39, 0.29) is 28.8 Å². The summed E-state index contributed by atoms with van der Waals surface area (Å²) in [6.07, 6.45) is 1.76. The number of fused-ring (bicyclic) bond motifs is 1. The molecule has 0 aliphatic carbocycles. The average molecular weight is 362 g/mol. The van der Waals surface area contributed by atoms with Gasteiger partial charge < -0.3 is 10.2 Å². The molecular formula is C14H20ClN3O4S. The van der Waals surface area contributed by atoms with Crippen molar-refractivity contribution in [1.82, 2.24) is 8.87 Å². The topological polar surface area (TPSA) is 98.5 Å². The molecule has 9 heteroatoms. The standard InChI is InChI=1S/C14H19N3O4S.ClH/c1-16-12-5-4-11(7-13(12)21-14(16)18)22(19,20)17-6-2-3-10(8-15)9-17;/h4-5,7,10H,2-3,6,8-9,15H2,1H3;1H. The second kappa shape index (κ2) is 6.64. The molecule has 1 unspecified atom stereocenters. The first-order valence-electron chi connectivity index (χ1n) is 7.23. The van der Waals surface area contributed by atoms with E-state index in [1.54, 1.807) is 13.1 Å².